The third-order valence-electron chi connectivity index (χ3n) is 7.57. The Balaban J connectivity index is 1.53. The number of fused-ring (bicyclic) bond motifs is 4. The molecule has 1 nitrogen and oxygen atoms in total. The van der Waals surface area contributed by atoms with E-state index in [1.807, 2.05) is 7.11 Å². The van der Waals surface area contributed by atoms with Crippen LogP contribution >= 0.6 is 0 Å². The molecule has 0 aromatic heterocycles. The smallest absolute Gasteiger partial charge is 0.119 e. The lowest BCUT2D eigenvalue weighted by Gasteiger charge is -2.30. The number of rotatable bonds is 3. The summed E-state index contributed by atoms with van der Waals surface area (Å²) in [6.45, 7) is 0. The Morgan fingerprint density at radius 3 is 1.91 bits per heavy atom. The molecular weight excluding hydrogens is 268 g/mol. The molecule has 0 saturated heterocycles. The number of hydrogen-bond acceptors (Lipinski definition) is 1. The number of hydrogen-bond donors (Lipinski definition) is 0. The minimum absolute atomic E-state index is 0.836. The largest absolute Gasteiger partial charge is 0.497 e. The molecule has 0 aliphatic heterocycles. The number of methoxy groups -OCH3 is 1. The van der Waals surface area contributed by atoms with E-state index in [4.69, 9.17) is 4.74 Å². The normalized spacial score (nSPS) is 42.2. The summed E-state index contributed by atoms with van der Waals surface area (Å²) in [5.74, 6) is 6.77. The molecule has 0 N–H and O–H groups in total. The van der Waals surface area contributed by atoms with Crippen molar-refractivity contribution in [2.45, 2.75) is 63.2 Å². The quantitative estimate of drug-likeness (QED) is 0.715. The van der Waals surface area contributed by atoms with Gasteiger partial charge in [0.05, 0.1) is 7.11 Å². The Hall–Kier alpha value is -0.980. The van der Waals surface area contributed by atoms with Gasteiger partial charge in [-0.25, -0.2) is 0 Å². The molecule has 4 aliphatic rings. The Morgan fingerprint density at radius 2 is 1.41 bits per heavy atom. The van der Waals surface area contributed by atoms with Gasteiger partial charge in [-0.1, -0.05) is 18.9 Å². The van der Waals surface area contributed by atoms with E-state index in [0.717, 1.165) is 41.3 Å². The fourth-order valence-corrected chi connectivity index (χ4v) is 6.59. The minimum atomic E-state index is 0.836. The van der Waals surface area contributed by atoms with Crippen molar-refractivity contribution in [1.82, 2.24) is 0 Å². The summed E-state index contributed by atoms with van der Waals surface area (Å²) in [6, 6.07) is 7.07. The van der Waals surface area contributed by atoms with Crippen molar-refractivity contribution < 1.29 is 4.74 Å². The van der Waals surface area contributed by atoms with Crippen molar-refractivity contribution in [3.63, 3.8) is 0 Å². The Labute approximate surface area is 134 Å². The van der Waals surface area contributed by atoms with Gasteiger partial charge in [-0.3, -0.25) is 0 Å². The second-order valence-electron chi connectivity index (χ2n) is 8.56. The van der Waals surface area contributed by atoms with E-state index in [2.05, 4.69) is 18.2 Å². The van der Waals surface area contributed by atoms with E-state index >= 15 is 0 Å². The standard InChI is InChI=1S/C21H28O/c1-22-17-6-7-18(19-10-13-2-4-15(19)8-13)21(12-17)20-11-14-3-5-16(20)9-14/h6-7,12-16,19-20H,2-5,8-11H2,1H3/t13-,14-,15+,16+,19+,20+/m1/s1. The van der Waals surface area contributed by atoms with Crippen LogP contribution in [-0.4, -0.2) is 7.11 Å². The predicted molar refractivity (Wildman–Crippen MR) is 89.4 cm³/mol. The SMILES string of the molecule is COc1ccc([C@H]2C[C@@H]3CC[C@H]2C3)c([C@H]2C[C@@H]3CC[C@H]2C3)c1. The second-order valence-corrected chi connectivity index (χ2v) is 8.56. The van der Waals surface area contributed by atoms with Crippen LogP contribution in [0, 0.1) is 23.7 Å². The summed E-state index contributed by atoms with van der Waals surface area (Å²) < 4.78 is 5.57. The highest BCUT2D eigenvalue weighted by Crippen LogP contribution is 2.58. The van der Waals surface area contributed by atoms with E-state index in [0.29, 0.717) is 0 Å². The maximum Gasteiger partial charge on any atom is 0.119 e. The molecule has 118 valence electrons. The Kier molecular flexibility index (Phi) is 3.06. The molecule has 0 heterocycles. The molecule has 0 spiro atoms. The average molecular weight is 296 g/mol. The summed E-state index contributed by atoms with van der Waals surface area (Å²) in [4.78, 5) is 0. The predicted octanol–water partition coefficient (Wildman–Crippen LogP) is 5.50. The van der Waals surface area contributed by atoms with Crippen LogP contribution in [0.15, 0.2) is 18.2 Å². The first-order valence-electron chi connectivity index (χ1n) is 9.49. The van der Waals surface area contributed by atoms with Gasteiger partial charge in [-0.05, 0) is 97.3 Å². The number of ether oxygens (including phenoxy) is 1. The molecule has 0 radical (unpaired) electrons. The molecule has 4 saturated carbocycles. The van der Waals surface area contributed by atoms with Crippen LogP contribution in [0.25, 0.3) is 0 Å². The summed E-state index contributed by atoms with van der Waals surface area (Å²) >= 11 is 0. The van der Waals surface area contributed by atoms with Gasteiger partial charge in [0.25, 0.3) is 0 Å². The molecule has 1 aromatic carbocycles. The van der Waals surface area contributed by atoms with Crippen molar-refractivity contribution in [2.24, 2.45) is 23.7 Å². The molecule has 5 rings (SSSR count). The molecule has 1 aromatic rings. The van der Waals surface area contributed by atoms with Crippen LogP contribution in [0.5, 0.6) is 5.75 Å². The van der Waals surface area contributed by atoms with Crippen LogP contribution in [0.4, 0.5) is 0 Å². The zero-order valence-electron chi connectivity index (χ0n) is 13.8. The van der Waals surface area contributed by atoms with Crippen molar-refractivity contribution in [1.29, 1.82) is 0 Å². The van der Waals surface area contributed by atoms with Gasteiger partial charge in [0.1, 0.15) is 5.75 Å². The number of benzene rings is 1. The van der Waals surface area contributed by atoms with Crippen molar-refractivity contribution in [2.75, 3.05) is 7.11 Å². The third kappa shape index (κ3) is 1.97. The van der Waals surface area contributed by atoms with Crippen LogP contribution in [0.3, 0.4) is 0 Å². The molecule has 6 atom stereocenters. The van der Waals surface area contributed by atoms with E-state index < -0.39 is 0 Å². The zero-order chi connectivity index (χ0) is 14.7. The maximum absolute atomic E-state index is 5.57. The van der Waals surface area contributed by atoms with Gasteiger partial charge >= 0.3 is 0 Å². The van der Waals surface area contributed by atoms with E-state index in [-0.39, 0.29) is 0 Å². The highest BCUT2D eigenvalue weighted by atomic mass is 16.5. The summed E-state index contributed by atoms with van der Waals surface area (Å²) in [5, 5.41) is 0. The van der Waals surface area contributed by atoms with Crippen LogP contribution in [-0.2, 0) is 0 Å². The first-order valence-corrected chi connectivity index (χ1v) is 9.49. The molecule has 4 fully saturated rings. The van der Waals surface area contributed by atoms with Crippen LogP contribution < -0.4 is 4.74 Å². The fourth-order valence-electron chi connectivity index (χ4n) is 6.59. The molecular formula is C21H28O. The van der Waals surface area contributed by atoms with Gasteiger partial charge < -0.3 is 4.74 Å². The van der Waals surface area contributed by atoms with Gasteiger partial charge in [0.15, 0.2) is 0 Å². The van der Waals surface area contributed by atoms with Gasteiger partial charge in [-0.15, -0.1) is 0 Å². The minimum Gasteiger partial charge on any atom is -0.497 e. The summed E-state index contributed by atoms with van der Waals surface area (Å²) in [5.41, 5.74) is 3.40. The third-order valence-corrected chi connectivity index (χ3v) is 7.57. The van der Waals surface area contributed by atoms with E-state index in [9.17, 15) is 0 Å². The summed E-state index contributed by atoms with van der Waals surface area (Å²) in [7, 11) is 1.82. The molecule has 4 bridgehead atoms. The maximum atomic E-state index is 5.57. The highest BCUT2D eigenvalue weighted by molar-refractivity contribution is 5.42. The first kappa shape index (κ1) is 13.5. The van der Waals surface area contributed by atoms with E-state index in [1.165, 1.54) is 51.4 Å². The Bertz CT molecular complexity index is 577. The van der Waals surface area contributed by atoms with Crippen molar-refractivity contribution >= 4 is 0 Å². The molecule has 0 unspecified atom stereocenters. The lowest BCUT2D eigenvalue weighted by molar-refractivity contribution is 0.387. The average Bonchev–Trinajstić information content (AvgIpc) is 3.33. The molecule has 22 heavy (non-hydrogen) atoms. The zero-order valence-corrected chi connectivity index (χ0v) is 13.8. The fraction of sp³-hybridized carbons (Fsp3) is 0.714. The molecule has 0 amide bonds. The lowest BCUT2D eigenvalue weighted by atomic mass is 9.75. The van der Waals surface area contributed by atoms with Crippen LogP contribution in [0.1, 0.15) is 74.3 Å². The monoisotopic (exact) mass is 296 g/mol. The van der Waals surface area contributed by atoms with Gasteiger partial charge in [-0.2, -0.15) is 0 Å². The van der Waals surface area contributed by atoms with Gasteiger partial charge in [0.2, 0.25) is 0 Å². The lowest BCUT2D eigenvalue weighted by Crippen LogP contribution is -2.16. The van der Waals surface area contributed by atoms with Gasteiger partial charge in [0, 0.05) is 0 Å². The van der Waals surface area contributed by atoms with E-state index in [1.54, 1.807) is 11.1 Å². The topological polar surface area (TPSA) is 9.23 Å². The van der Waals surface area contributed by atoms with Crippen LogP contribution in [0.2, 0.25) is 0 Å². The second kappa shape index (κ2) is 5.01. The van der Waals surface area contributed by atoms with Crippen molar-refractivity contribution in [3.05, 3.63) is 29.3 Å². The highest BCUT2D eigenvalue weighted by Gasteiger charge is 2.44. The molecule has 4 aliphatic carbocycles. The first-order chi connectivity index (χ1) is 10.8. The summed E-state index contributed by atoms with van der Waals surface area (Å²) in [6.07, 6.45) is 11.9. The Morgan fingerprint density at radius 1 is 0.773 bits per heavy atom. The van der Waals surface area contributed by atoms with Crippen molar-refractivity contribution in [3.8, 4) is 5.75 Å². The molecule has 1 heteroatoms.